The van der Waals surface area contributed by atoms with Crippen molar-refractivity contribution in [2.24, 2.45) is 5.41 Å². The van der Waals surface area contributed by atoms with Crippen molar-refractivity contribution in [2.75, 3.05) is 19.7 Å². The van der Waals surface area contributed by atoms with Gasteiger partial charge in [0.1, 0.15) is 5.76 Å². The third-order valence-corrected chi connectivity index (χ3v) is 6.77. The van der Waals surface area contributed by atoms with Crippen molar-refractivity contribution in [2.45, 2.75) is 63.1 Å². The molecule has 1 aromatic heterocycles. The van der Waals surface area contributed by atoms with Crippen molar-refractivity contribution in [3.8, 4) is 0 Å². The first-order chi connectivity index (χ1) is 12.6. The molecule has 1 saturated carbocycles. The zero-order valence-corrected chi connectivity index (χ0v) is 14.9. The van der Waals surface area contributed by atoms with E-state index in [0.717, 1.165) is 38.5 Å². The standard InChI is InChI=1S/C19H25N3O4/c23-17(6-16-8-20-12-26-16)21-9-14-4-3-13(21)10-22(14)18(24)19-5-1-2-15(7-19)25-11-19/h8,12-15H,1-7,9-11H2. The van der Waals surface area contributed by atoms with Gasteiger partial charge in [-0.15, -0.1) is 0 Å². The smallest absolute Gasteiger partial charge is 0.231 e. The molecule has 7 nitrogen and oxygen atoms in total. The summed E-state index contributed by atoms with van der Waals surface area (Å²) in [6.45, 7) is 1.89. The van der Waals surface area contributed by atoms with Crippen LogP contribution in [0.15, 0.2) is 17.0 Å². The Hall–Kier alpha value is -1.89. The number of hydrogen-bond acceptors (Lipinski definition) is 5. The van der Waals surface area contributed by atoms with Crippen molar-refractivity contribution < 1.29 is 18.7 Å². The first-order valence-electron chi connectivity index (χ1n) is 9.74. The molecule has 0 spiro atoms. The molecule has 5 fully saturated rings. The van der Waals surface area contributed by atoms with E-state index in [4.69, 9.17) is 9.15 Å². The van der Waals surface area contributed by atoms with Gasteiger partial charge in [-0.1, -0.05) is 0 Å². The monoisotopic (exact) mass is 359 g/mol. The van der Waals surface area contributed by atoms with Crippen LogP contribution in [0.5, 0.6) is 0 Å². The molecule has 0 N–H and O–H groups in total. The maximum Gasteiger partial charge on any atom is 0.231 e. The van der Waals surface area contributed by atoms with E-state index in [1.165, 1.54) is 6.39 Å². The van der Waals surface area contributed by atoms with Gasteiger partial charge >= 0.3 is 0 Å². The molecule has 4 atom stereocenters. The summed E-state index contributed by atoms with van der Waals surface area (Å²) >= 11 is 0. The van der Waals surface area contributed by atoms with Gasteiger partial charge in [0.2, 0.25) is 11.8 Å². The van der Waals surface area contributed by atoms with Gasteiger partial charge in [-0.25, -0.2) is 4.98 Å². The zero-order chi connectivity index (χ0) is 17.7. The van der Waals surface area contributed by atoms with E-state index in [-0.39, 0.29) is 41.8 Å². The maximum absolute atomic E-state index is 13.4. The second-order valence-corrected chi connectivity index (χ2v) is 8.34. The number of carbonyl (C=O) groups is 2. The molecule has 5 heterocycles. The lowest BCUT2D eigenvalue weighted by molar-refractivity contribution is -0.159. The Balaban J connectivity index is 1.28. The Kier molecular flexibility index (Phi) is 3.81. The number of carbonyl (C=O) groups excluding carboxylic acids is 2. The summed E-state index contributed by atoms with van der Waals surface area (Å²) in [6, 6.07) is 0.263. The molecule has 4 unspecified atom stereocenters. The number of rotatable bonds is 3. The van der Waals surface area contributed by atoms with Crippen LogP contribution in [0.4, 0.5) is 0 Å². The molecule has 26 heavy (non-hydrogen) atoms. The van der Waals surface area contributed by atoms with Crippen molar-refractivity contribution in [1.29, 1.82) is 0 Å². The summed E-state index contributed by atoms with van der Waals surface area (Å²) in [7, 11) is 0. The lowest BCUT2D eigenvalue weighted by atomic mass is 9.73. The highest BCUT2D eigenvalue weighted by molar-refractivity contribution is 5.85. The minimum absolute atomic E-state index is 0.0728. The quantitative estimate of drug-likeness (QED) is 0.815. The molecule has 6 rings (SSSR count). The Labute approximate surface area is 152 Å². The van der Waals surface area contributed by atoms with Gasteiger partial charge in [0.25, 0.3) is 0 Å². The third kappa shape index (κ3) is 2.55. The second-order valence-electron chi connectivity index (χ2n) is 8.34. The van der Waals surface area contributed by atoms with E-state index >= 15 is 0 Å². The first kappa shape index (κ1) is 16.3. The normalized spacial score (nSPS) is 35.8. The fourth-order valence-corrected chi connectivity index (χ4v) is 5.38. The summed E-state index contributed by atoms with van der Waals surface area (Å²) in [5.74, 6) is 0.944. The number of oxazole rings is 1. The van der Waals surface area contributed by atoms with Crippen molar-refractivity contribution >= 4 is 11.8 Å². The third-order valence-electron chi connectivity index (χ3n) is 6.77. The molecule has 5 aliphatic rings. The molecule has 0 aromatic carbocycles. The van der Waals surface area contributed by atoms with Crippen LogP contribution in [0.1, 0.15) is 44.3 Å². The minimum Gasteiger partial charge on any atom is -0.448 e. The van der Waals surface area contributed by atoms with E-state index < -0.39 is 0 Å². The van der Waals surface area contributed by atoms with E-state index in [0.29, 0.717) is 25.5 Å². The van der Waals surface area contributed by atoms with Gasteiger partial charge in [-0.05, 0) is 38.5 Å². The molecule has 4 bridgehead atoms. The number of hydrogen-bond donors (Lipinski definition) is 0. The Morgan fingerprint density at radius 2 is 2.00 bits per heavy atom. The van der Waals surface area contributed by atoms with Crippen LogP contribution < -0.4 is 0 Å². The first-order valence-corrected chi connectivity index (χ1v) is 9.74. The van der Waals surface area contributed by atoms with Gasteiger partial charge in [0, 0.05) is 25.2 Å². The molecule has 140 valence electrons. The molecule has 4 aliphatic heterocycles. The highest BCUT2D eigenvalue weighted by Gasteiger charge is 2.53. The summed E-state index contributed by atoms with van der Waals surface area (Å²) in [6.07, 6.45) is 9.43. The summed E-state index contributed by atoms with van der Waals surface area (Å²) in [4.78, 5) is 33.9. The summed E-state index contributed by atoms with van der Waals surface area (Å²) < 4.78 is 11.1. The Morgan fingerprint density at radius 3 is 2.73 bits per heavy atom. The van der Waals surface area contributed by atoms with Crippen molar-refractivity contribution in [3.05, 3.63) is 18.4 Å². The summed E-state index contributed by atoms with van der Waals surface area (Å²) in [5.41, 5.74) is -0.297. The number of nitrogens with zero attached hydrogens (tertiary/aromatic N) is 3. The van der Waals surface area contributed by atoms with Crippen LogP contribution in [-0.2, 0) is 20.7 Å². The zero-order valence-electron chi connectivity index (χ0n) is 14.9. The van der Waals surface area contributed by atoms with E-state index in [2.05, 4.69) is 9.88 Å². The lowest BCUT2D eigenvalue weighted by Crippen LogP contribution is -2.67. The molecule has 2 amide bonds. The Morgan fingerprint density at radius 1 is 1.19 bits per heavy atom. The predicted molar refractivity (Wildman–Crippen MR) is 91.1 cm³/mol. The second kappa shape index (κ2) is 6.08. The number of aromatic nitrogens is 1. The fraction of sp³-hybridized carbons (Fsp3) is 0.737. The minimum atomic E-state index is -0.297. The largest absolute Gasteiger partial charge is 0.448 e. The van der Waals surface area contributed by atoms with Crippen LogP contribution in [-0.4, -0.2) is 64.5 Å². The number of amides is 2. The Bertz CT molecular complexity index is 702. The molecule has 1 aliphatic carbocycles. The van der Waals surface area contributed by atoms with Crippen molar-refractivity contribution in [3.63, 3.8) is 0 Å². The average Bonchev–Trinajstić information content (AvgIpc) is 3.29. The molecular formula is C19H25N3O4. The van der Waals surface area contributed by atoms with Gasteiger partial charge in [-0.2, -0.15) is 0 Å². The molecule has 0 radical (unpaired) electrons. The number of piperazine rings is 1. The fourth-order valence-electron chi connectivity index (χ4n) is 5.38. The predicted octanol–water partition coefficient (Wildman–Crippen LogP) is 1.38. The number of fused-ring (bicyclic) bond motifs is 5. The van der Waals surface area contributed by atoms with Crippen molar-refractivity contribution in [1.82, 2.24) is 14.8 Å². The topological polar surface area (TPSA) is 75.9 Å². The highest BCUT2D eigenvalue weighted by atomic mass is 16.5. The number of piperidine rings is 2. The van der Waals surface area contributed by atoms with Gasteiger partial charge in [0.05, 0.1) is 30.7 Å². The van der Waals surface area contributed by atoms with Crippen LogP contribution in [0, 0.1) is 5.41 Å². The molecule has 1 aromatic rings. The maximum atomic E-state index is 13.4. The SMILES string of the molecule is O=C(Cc1cnco1)N1CC2CCC1CN2C(=O)C12CCCC(C1)OC2. The van der Waals surface area contributed by atoms with Gasteiger partial charge in [0.15, 0.2) is 6.39 Å². The van der Waals surface area contributed by atoms with Crippen LogP contribution in [0.2, 0.25) is 0 Å². The van der Waals surface area contributed by atoms with E-state index in [1.54, 1.807) is 6.20 Å². The van der Waals surface area contributed by atoms with E-state index in [1.807, 2.05) is 4.90 Å². The van der Waals surface area contributed by atoms with Crippen LogP contribution >= 0.6 is 0 Å². The van der Waals surface area contributed by atoms with Gasteiger partial charge in [-0.3, -0.25) is 9.59 Å². The average molecular weight is 359 g/mol. The van der Waals surface area contributed by atoms with E-state index in [9.17, 15) is 9.59 Å². The highest BCUT2D eigenvalue weighted by Crippen LogP contribution is 2.46. The lowest BCUT2D eigenvalue weighted by Gasteiger charge is -2.53. The number of ether oxygens (including phenoxy) is 1. The van der Waals surface area contributed by atoms with Gasteiger partial charge < -0.3 is 19.0 Å². The van der Waals surface area contributed by atoms with Crippen LogP contribution in [0.3, 0.4) is 0 Å². The van der Waals surface area contributed by atoms with Crippen LogP contribution in [0.25, 0.3) is 0 Å². The molecule has 4 saturated heterocycles. The molecular weight excluding hydrogens is 334 g/mol. The summed E-state index contributed by atoms with van der Waals surface area (Å²) in [5, 5.41) is 0. The molecule has 7 heteroatoms.